The van der Waals surface area contributed by atoms with Crippen molar-refractivity contribution < 1.29 is 23.4 Å². The van der Waals surface area contributed by atoms with Gasteiger partial charge in [0.25, 0.3) is 0 Å². The van der Waals surface area contributed by atoms with Gasteiger partial charge in [0.1, 0.15) is 23.2 Å². The number of rotatable bonds is 6. The number of anilines is 1. The molecule has 1 amide bonds. The van der Waals surface area contributed by atoms with Crippen LogP contribution in [0.2, 0.25) is 0 Å². The summed E-state index contributed by atoms with van der Waals surface area (Å²) in [6.07, 6.45) is 1.56. The Kier molecular flexibility index (Phi) is 7.48. The Morgan fingerprint density at radius 1 is 1.28 bits per heavy atom. The standard InChI is InChI=1S/C27H33FN4O4/c1-19-5-6-20(11-23(19)28)14-31(22-8-7-21(12-29)30-13-22)10-9-24-34-17-27(18-35-24)15-32(16-27)25(33)36-26(2,3)4/h5-8,11,13,24H,9-10,14-18H2,1-4H3. The highest BCUT2D eigenvalue weighted by atomic mass is 19.1. The summed E-state index contributed by atoms with van der Waals surface area (Å²) in [5.74, 6) is -0.240. The molecule has 4 rings (SSSR count). The summed E-state index contributed by atoms with van der Waals surface area (Å²) < 4.78 is 31.6. The number of aryl methyl sites for hydroxylation is 1. The number of carbonyl (C=O) groups is 1. The topological polar surface area (TPSA) is 87.9 Å². The van der Waals surface area contributed by atoms with Crippen molar-refractivity contribution in [3.05, 3.63) is 59.2 Å². The van der Waals surface area contributed by atoms with Gasteiger partial charge < -0.3 is 24.0 Å². The SMILES string of the molecule is Cc1ccc(CN(CCC2OCC3(CO2)CN(C(=O)OC(C)(C)C)C3)c2ccc(C#N)nc2)cc1F. The van der Waals surface area contributed by atoms with Crippen LogP contribution in [0, 0.1) is 29.5 Å². The first-order valence-corrected chi connectivity index (χ1v) is 12.1. The summed E-state index contributed by atoms with van der Waals surface area (Å²) >= 11 is 0. The van der Waals surface area contributed by atoms with Crippen molar-refractivity contribution in [3.63, 3.8) is 0 Å². The third kappa shape index (κ3) is 6.31. The van der Waals surface area contributed by atoms with Gasteiger partial charge in [0.05, 0.1) is 30.5 Å². The van der Waals surface area contributed by atoms with E-state index < -0.39 is 5.60 Å². The summed E-state index contributed by atoms with van der Waals surface area (Å²) in [5, 5.41) is 9.07. The number of amides is 1. The molecule has 0 unspecified atom stereocenters. The molecule has 2 fully saturated rings. The van der Waals surface area contributed by atoms with E-state index in [1.54, 1.807) is 36.2 Å². The van der Waals surface area contributed by atoms with Gasteiger partial charge in [0, 0.05) is 32.6 Å². The molecule has 0 bridgehead atoms. The number of ether oxygens (including phenoxy) is 3. The second-order valence-corrected chi connectivity index (χ2v) is 10.7. The Morgan fingerprint density at radius 3 is 2.58 bits per heavy atom. The van der Waals surface area contributed by atoms with Gasteiger partial charge in [-0.25, -0.2) is 14.2 Å². The van der Waals surface area contributed by atoms with E-state index in [2.05, 4.69) is 9.88 Å². The maximum atomic E-state index is 14.1. The number of nitriles is 1. The summed E-state index contributed by atoms with van der Waals surface area (Å²) in [6.45, 7) is 10.5. The molecular formula is C27H33FN4O4. The number of hydrogen-bond acceptors (Lipinski definition) is 7. The molecule has 0 aliphatic carbocycles. The third-order valence-electron chi connectivity index (χ3n) is 6.33. The van der Waals surface area contributed by atoms with E-state index in [9.17, 15) is 9.18 Å². The lowest BCUT2D eigenvalue weighted by Gasteiger charge is -2.52. The highest BCUT2D eigenvalue weighted by Crippen LogP contribution is 2.36. The van der Waals surface area contributed by atoms with Gasteiger partial charge in [-0.15, -0.1) is 0 Å². The number of carbonyl (C=O) groups excluding carboxylic acids is 1. The van der Waals surface area contributed by atoms with Crippen LogP contribution in [0.3, 0.4) is 0 Å². The zero-order valence-electron chi connectivity index (χ0n) is 21.3. The smallest absolute Gasteiger partial charge is 0.410 e. The Hall–Kier alpha value is -3.22. The third-order valence-corrected chi connectivity index (χ3v) is 6.33. The number of halogens is 1. The monoisotopic (exact) mass is 496 g/mol. The van der Waals surface area contributed by atoms with Gasteiger partial charge in [-0.2, -0.15) is 5.26 Å². The van der Waals surface area contributed by atoms with E-state index in [1.165, 1.54) is 0 Å². The lowest BCUT2D eigenvalue weighted by molar-refractivity contribution is -0.254. The van der Waals surface area contributed by atoms with E-state index in [4.69, 9.17) is 19.5 Å². The largest absolute Gasteiger partial charge is 0.444 e. The number of benzene rings is 1. The van der Waals surface area contributed by atoms with E-state index in [0.29, 0.717) is 57.1 Å². The predicted octanol–water partition coefficient (Wildman–Crippen LogP) is 4.41. The van der Waals surface area contributed by atoms with Crippen LogP contribution >= 0.6 is 0 Å². The van der Waals surface area contributed by atoms with Gasteiger partial charge >= 0.3 is 6.09 Å². The van der Waals surface area contributed by atoms with Gasteiger partial charge in [-0.05, 0) is 57.0 Å². The molecule has 2 saturated heterocycles. The molecule has 36 heavy (non-hydrogen) atoms. The fourth-order valence-corrected chi connectivity index (χ4v) is 4.35. The van der Waals surface area contributed by atoms with E-state index in [0.717, 1.165) is 11.3 Å². The molecule has 0 atom stereocenters. The first-order valence-electron chi connectivity index (χ1n) is 12.1. The minimum absolute atomic E-state index is 0.191. The van der Waals surface area contributed by atoms with Crippen molar-refractivity contribution in [2.75, 3.05) is 37.7 Å². The first kappa shape index (κ1) is 25.9. The van der Waals surface area contributed by atoms with Crippen LogP contribution in [-0.2, 0) is 20.8 Å². The molecule has 0 N–H and O–H groups in total. The van der Waals surface area contributed by atoms with Crippen molar-refractivity contribution >= 4 is 11.8 Å². The number of nitrogens with zero attached hydrogens (tertiary/aromatic N) is 4. The quantitative estimate of drug-likeness (QED) is 0.585. The Labute approximate surface area is 211 Å². The van der Waals surface area contributed by atoms with Crippen molar-refractivity contribution in [3.8, 4) is 6.07 Å². The lowest BCUT2D eigenvalue weighted by atomic mass is 9.81. The molecule has 8 nitrogen and oxygen atoms in total. The second-order valence-electron chi connectivity index (χ2n) is 10.7. The van der Waals surface area contributed by atoms with Crippen molar-refractivity contribution in [1.82, 2.24) is 9.88 Å². The van der Waals surface area contributed by atoms with Crippen molar-refractivity contribution in [2.45, 2.75) is 52.6 Å². The molecule has 0 radical (unpaired) electrons. The van der Waals surface area contributed by atoms with Crippen LogP contribution in [0.5, 0.6) is 0 Å². The number of likely N-dealkylation sites (tertiary alicyclic amines) is 1. The molecule has 1 aromatic carbocycles. The number of aromatic nitrogens is 1. The van der Waals surface area contributed by atoms with Gasteiger partial charge in [0.15, 0.2) is 6.29 Å². The van der Waals surface area contributed by atoms with Crippen LogP contribution in [0.1, 0.15) is 44.0 Å². The highest BCUT2D eigenvalue weighted by molar-refractivity contribution is 5.69. The molecule has 1 aromatic heterocycles. The average Bonchev–Trinajstić information content (AvgIpc) is 2.82. The van der Waals surface area contributed by atoms with Crippen LogP contribution in [0.4, 0.5) is 14.9 Å². The Balaban J connectivity index is 1.33. The van der Waals surface area contributed by atoms with Gasteiger partial charge in [-0.1, -0.05) is 12.1 Å². The van der Waals surface area contributed by atoms with E-state index >= 15 is 0 Å². The van der Waals surface area contributed by atoms with E-state index in [1.807, 2.05) is 39.0 Å². The Bertz CT molecular complexity index is 1110. The highest BCUT2D eigenvalue weighted by Gasteiger charge is 2.49. The molecule has 3 heterocycles. The minimum Gasteiger partial charge on any atom is -0.444 e. The molecular weight excluding hydrogens is 463 g/mol. The maximum Gasteiger partial charge on any atom is 0.410 e. The maximum absolute atomic E-state index is 14.1. The lowest BCUT2D eigenvalue weighted by Crippen LogP contribution is -2.65. The van der Waals surface area contributed by atoms with Gasteiger partial charge in [0.2, 0.25) is 0 Å². The summed E-state index contributed by atoms with van der Waals surface area (Å²) in [6, 6.07) is 10.8. The van der Waals surface area contributed by atoms with Crippen LogP contribution in [0.15, 0.2) is 36.5 Å². The zero-order chi connectivity index (χ0) is 25.9. The van der Waals surface area contributed by atoms with Gasteiger partial charge in [-0.3, -0.25) is 0 Å². The molecule has 2 aliphatic heterocycles. The minimum atomic E-state index is -0.523. The summed E-state index contributed by atoms with van der Waals surface area (Å²) in [4.78, 5) is 20.2. The molecule has 2 aromatic rings. The average molecular weight is 497 g/mol. The first-order chi connectivity index (χ1) is 17.1. The predicted molar refractivity (Wildman–Crippen MR) is 132 cm³/mol. The van der Waals surface area contributed by atoms with Crippen LogP contribution in [-0.4, -0.2) is 60.7 Å². The molecule has 1 spiro atoms. The summed E-state index contributed by atoms with van der Waals surface area (Å²) in [5.41, 5.74) is 1.89. The molecule has 192 valence electrons. The van der Waals surface area contributed by atoms with Crippen molar-refractivity contribution in [2.24, 2.45) is 5.41 Å². The van der Waals surface area contributed by atoms with Crippen molar-refractivity contribution in [1.29, 1.82) is 5.26 Å². The fourth-order valence-electron chi connectivity index (χ4n) is 4.35. The zero-order valence-corrected chi connectivity index (χ0v) is 21.3. The summed E-state index contributed by atoms with van der Waals surface area (Å²) in [7, 11) is 0. The van der Waals surface area contributed by atoms with Crippen LogP contribution < -0.4 is 4.90 Å². The molecule has 0 saturated carbocycles. The second kappa shape index (κ2) is 10.4. The normalized spacial score (nSPS) is 17.4. The fraction of sp³-hybridized carbons (Fsp3) is 0.519. The number of pyridine rings is 1. The van der Waals surface area contributed by atoms with Crippen LogP contribution in [0.25, 0.3) is 0 Å². The Morgan fingerprint density at radius 2 is 2.00 bits per heavy atom. The molecule has 9 heteroatoms. The number of hydrogen-bond donors (Lipinski definition) is 0. The molecule has 2 aliphatic rings. The van der Waals surface area contributed by atoms with E-state index in [-0.39, 0.29) is 23.6 Å².